The van der Waals surface area contributed by atoms with Gasteiger partial charge in [-0.15, -0.1) is 0 Å². The van der Waals surface area contributed by atoms with Gasteiger partial charge in [-0.1, -0.05) is 0 Å². The second-order valence-corrected chi connectivity index (χ2v) is 4.69. The third kappa shape index (κ3) is 2.71. The second kappa shape index (κ2) is 5.28. The van der Waals surface area contributed by atoms with E-state index < -0.39 is 29.5 Å². The number of hydrogen-bond donors (Lipinski definition) is 2. The van der Waals surface area contributed by atoms with Crippen LogP contribution in [0.15, 0.2) is 27.4 Å². The zero-order valence-electron chi connectivity index (χ0n) is 11.4. The van der Waals surface area contributed by atoms with Gasteiger partial charge >= 0.3 is 11.9 Å². The molecule has 0 unspecified atom stereocenters. The number of aliphatic carboxylic acids is 1. The summed E-state index contributed by atoms with van der Waals surface area (Å²) >= 11 is 0. The van der Waals surface area contributed by atoms with Gasteiger partial charge in [0, 0.05) is 19.8 Å². The molecule has 1 heterocycles. The van der Waals surface area contributed by atoms with E-state index in [1.165, 1.54) is 12.1 Å². The molecule has 2 aromatic rings. The van der Waals surface area contributed by atoms with Gasteiger partial charge in [0.05, 0.1) is 17.4 Å². The zero-order valence-corrected chi connectivity index (χ0v) is 11.4. The summed E-state index contributed by atoms with van der Waals surface area (Å²) in [5, 5.41) is 18.1. The molecule has 0 spiro atoms. The number of anilines is 1. The molecule has 7 nitrogen and oxygen atoms in total. The lowest BCUT2D eigenvalue weighted by atomic mass is 10.1. The Bertz CT molecular complexity index is 790. The maximum Gasteiger partial charge on any atom is 0.372 e. The van der Waals surface area contributed by atoms with Gasteiger partial charge in [0.15, 0.2) is 5.43 Å². The van der Waals surface area contributed by atoms with Gasteiger partial charge in [0.2, 0.25) is 5.76 Å². The smallest absolute Gasteiger partial charge is 0.372 e. The molecule has 110 valence electrons. The van der Waals surface area contributed by atoms with E-state index in [-0.39, 0.29) is 16.5 Å². The highest BCUT2D eigenvalue weighted by Gasteiger charge is 2.22. The van der Waals surface area contributed by atoms with Crippen LogP contribution < -0.4 is 10.3 Å². The van der Waals surface area contributed by atoms with E-state index in [1.807, 2.05) is 0 Å². The van der Waals surface area contributed by atoms with Crippen molar-refractivity contribution in [2.45, 2.75) is 6.42 Å². The Hall–Kier alpha value is -2.83. The van der Waals surface area contributed by atoms with Crippen LogP contribution in [0.1, 0.15) is 16.1 Å². The standard InChI is InChI=1S/C14H13NO6/c1-15(2)7-3-4-10-8(5-7)12(18)9(6-11(16)17)13(21-10)14(19)20/h3-5H,6H2,1-2H3,(H,16,17)(H,19,20). The van der Waals surface area contributed by atoms with Crippen LogP contribution in [0.5, 0.6) is 0 Å². The quantitative estimate of drug-likeness (QED) is 0.870. The summed E-state index contributed by atoms with van der Waals surface area (Å²) in [6.45, 7) is 0. The molecule has 1 aromatic heterocycles. The van der Waals surface area contributed by atoms with Gasteiger partial charge in [-0.25, -0.2) is 4.79 Å². The maximum atomic E-state index is 12.4. The molecule has 0 radical (unpaired) electrons. The van der Waals surface area contributed by atoms with E-state index in [4.69, 9.17) is 14.6 Å². The number of benzene rings is 1. The molecule has 0 aliphatic heterocycles. The Morgan fingerprint density at radius 1 is 1.24 bits per heavy atom. The van der Waals surface area contributed by atoms with E-state index in [0.717, 1.165) is 5.69 Å². The molecule has 2 rings (SSSR count). The monoisotopic (exact) mass is 291 g/mol. The summed E-state index contributed by atoms with van der Waals surface area (Å²) < 4.78 is 5.19. The van der Waals surface area contributed by atoms with Gasteiger partial charge in [-0.3, -0.25) is 9.59 Å². The van der Waals surface area contributed by atoms with Crippen molar-refractivity contribution in [3.05, 3.63) is 39.7 Å². The Labute approximate surface area is 119 Å². The number of nitrogens with zero attached hydrogens (tertiary/aromatic N) is 1. The van der Waals surface area contributed by atoms with Crippen LogP contribution in [0.25, 0.3) is 11.0 Å². The van der Waals surface area contributed by atoms with Crippen molar-refractivity contribution >= 4 is 28.6 Å². The summed E-state index contributed by atoms with van der Waals surface area (Å²) in [5.41, 5.74) is -0.172. The molecule has 0 atom stereocenters. The van der Waals surface area contributed by atoms with Crippen LogP contribution in [0.2, 0.25) is 0 Å². The number of aromatic carboxylic acids is 1. The minimum absolute atomic E-state index is 0.108. The average Bonchev–Trinajstić information content (AvgIpc) is 2.40. The highest BCUT2D eigenvalue weighted by Crippen LogP contribution is 2.21. The number of fused-ring (bicyclic) bond motifs is 1. The molecule has 1 aromatic carbocycles. The minimum Gasteiger partial charge on any atom is -0.481 e. The zero-order chi connectivity index (χ0) is 15.7. The third-order valence-corrected chi connectivity index (χ3v) is 3.01. The van der Waals surface area contributed by atoms with E-state index in [2.05, 4.69) is 0 Å². The van der Waals surface area contributed by atoms with Gasteiger partial charge in [-0.05, 0) is 18.2 Å². The maximum absolute atomic E-state index is 12.4. The first kappa shape index (κ1) is 14.6. The number of hydrogen-bond acceptors (Lipinski definition) is 5. The van der Waals surface area contributed by atoms with Crippen LogP contribution in [0.4, 0.5) is 5.69 Å². The largest absolute Gasteiger partial charge is 0.481 e. The van der Waals surface area contributed by atoms with Gasteiger partial charge in [0.25, 0.3) is 0 Å². The topological polar surface area (TPSA) is 108 Å². The van der Waals surface area contributed by atoms with Gasteiger partial charge < -0.3 is 19.5 Å². The van der Waals surface area contributed by atoms with Crippen LogP contribution >= 0.6 is 0 Å². The summed E-state index contributed by atoms with van der Waals surface area (Å²) in [4.78, 5) is 36.1. The van der Waals surface area contributed by atoms with Gasteiger partial charge in [0.1, 0.15) is 5.58 Å². The summed E-state index contributed by atoms with van der Waals surface area (Å²) in [7, 11) is 3.57. The van der Waals surface area contributed by atoms with E-state index in [1.54, 1.807) is 25.1 Å². The highest BCUT2D eigenvalue weighted by molar-refractivity contribution is 5.92. The predicted molar refractivity (Wildman–Crippen MR) is 75.1 cm³/mol. The van der Waals surface area contributed by atoms with Crippen molar-refractivity contribution in [1.82, 2.24) is 0 Å². The lowest BCUT2D eigenvalue weighted by Gasteiger charge is -2.13. The molecule has 0 saturated carbocycles. The van der Waals surface area contributed by atoms with Crippen molar-refractivity contribution < 1.29 is 24.2 Å². The van der Waals surface area contributed by atoms with E-state index >= 15 is 0 Å². The van der Waals surface area contributed by atoms with Crippen molar-refractivity contribution in [2.24, 2.45) is 0 Å². The van der Waals surface area contributed by atoms with Crippen LogP contribution in [-0.4, -0.2) is 36.2 Å². The number of carboxylic acid groups (broad SMARTS) is 2. The average molecular weight is 291 g/mol. The van der Waals surface area contributed by atoms with E-state index in [9.17, 15) is 14.4 Å². The molecular formula is C14H13NO6. The lowest BCUT2D eigenvalue weighted by molar-refractivity contribution is -0.136. The fourth-order valence-corrected chi connectivity index (χ4v) is 1.98. The van der Waals surface area contributed by atoms with Crippen molar-refractivity contribution in [3.63, 3.8) is 0 Å². The molecule has 2 N–H and O–H groups in total. The molecule has 0 aliphatic carbocycles. The summed E-state index contributed by atoms with van der Waals surface area (Å²) in [5.74, 6) is -3.40. The van der Waals surface area contributed by atoms with E-state index in [0.29, 0.717) is 0 Å². The molecule has 7 heteroatoms. The molecule has 0 saturated heterocycles. The van der Waals surface area contributed by atoms with Crippen LogP contribution in [0, 0.1) is 0 Å². The highest BCUT2D eigenvalue weighted by atomic mass is 16.4. The Morgan fingerprint density at radius 3 is 2.43 bits per heavy atom. The van der Waals surface area contributed by atoms with Crippen molar-refractivity contribution in [2.75, 3.05) is 19.0 Å². The SMILES string of the molecule is CN(C)c1ccc2oc(C(=O)O)c(CC(=O)O)c(=O)c2c1. The number of carbonyl (C=O) groups is 2. The molecule has 0 fully saturated rings. The predicted octanol–water partition coefficient (Wildman–Crippen LogP) is 1.18. The molecule has 0 aliphatic rings. The molecule has 21 heavy (non-hydrogen) atoms. The summed E-state index contributed by atoms with van der Waals surface area (Å²) in [6.07, 6.45) is -0.702. The van der Waals surface area contributed by atoms with Gasteiger partial charge in [-0.2, -0.15) is 0 Å². The summed E-state index contributed by atoms with van der Waals surface area (Å²) in [6, 6.07) is 4.70. The first-order valence-electron chi connectivity index (χ1n) is 6.03. The van der Waals surface area contributed by atoms with Crippen LogP contribution in [0.3, 0.4) is 0 Å². The number of carboxylic acids is 2. The van der Waals surface area contributed by atoms with Crippen molar-refractivity contribution in [3.8, 4) is 0 Å². The number of rotatable bonds is 4. The molecule has 0 bridgehead atoms. The Morgan fingerprint density at radius 2 is 1.90 bits per heavy atom. The van der Waals surface area contributed by atoms with Crippen molar-refractivity contribution in [1.29, 1.82) is 0 Å². The second-order valence-electron chi connectivity index (χ2n) is 4.69. The lowest BCUT2D eigenvalue weighted by Crippen LogP contribution is -2.19. The third-order valence-electron chi connectivity index (χ3n) is 3.01. The fourth-order valence-electron chi connectivity index (χ4n) is 1.98. The molecule has 0 amide bonds. The minimum atomic E-state index is -1.47. The fraction of sp³-hybridized carbons (Fsp3) is 0.214. The first-order valence-corrected chi connectivity index (χ1v) is 6.03. The Kier molecular flexibility index (Phi) is 3.66. The Balaban J connectivity index is 2.81. The molecular weight excluding hydrogens is 278 g/mol. The normalized spacial score (nSPS) is 10.6. The van der Waals surface area contributed by atoms with Crippen LogP contribution in [-0.2, 0) is 11.2 Å². The first-order chi connectivity index (χ1) is 9.81.